The zero-order chi connectivity index (χ0) is 32.6. The highest BCUT2D eigenvalue weighted by atomic mass is 15.2. The molecule has 2 aromatic heterocycles. The summed E-state index contributed by atoms with van der Waals surface area (Å²) in [7, 11) is 0. The number of aromatic nitrogens is 4. The largest absolute Gasteiger partial charge is 0.277 e. The second-order valence-corrected chi connectivity index (χ2v) is 12.1. The molecular weight excluding hydrogens is 597 g/mol. The van der Waals surface area contributed by atoms with E-state index in [0.29, 0.717) is 17.6 Å². The van der Waals surface area contributed by atoms with Gasteiger partial charge in [-0.15, -0.1) is 0 Å². The Labute approximate surface area is 284 Å². The van der Waals surface area contributed by atoms with Crippen molar-refractivity contribution in [3.63, 3.8) is 0 Å². The highest BCUT2D eigenvalue weighted by molar-refractivity contribution is 6.13. The topological polar surface area (TPSA) is 43.6 Å². The molecule has 0 atom stereocenters. The van der Waals surface area contributed by atoms with Crippen molar-refractivity contribution >= 4 is 21.8 Å². The molecule has 0 fully saturated rings. The van der Waals surface area contributed by atoms with E-state index in [4.69, 9.17) is 15.0 Å². The van der Waals surface area contributed by atoms with Crippen LogP contribution in [0.3, 0.4) is 0 Å². The van der Waals surface area contributed by atoms with E-state index in [1.165, 1.54) is 16.7 Å². The lowest BCUT2D eigenvalue weighted by molar-refractivity contribution is 0.954. The van der Waals surface area contributed by atoms with Gasteiger partial charge in [0.1, 0.15) is 0 Å². The first-order chi connectivity index (χ1) is 24.3. The fourth-order valence-corrected chi connectivity index (χ4v) is 6.73. The van der Waals surface area contributed by atoms with E-state index in [1.807, 2.05) is 60.7 Å². The van der Waals surface area contributed by atoms with Crippen molar-refractivity contribution in [1.29, 1.82) is 0 Å². The fourth-order valence-electron chi connectivity index (χ4n) is 6.73. The summed E-state index contributed by atoms with van der Waals surface area (Å²) in [5.74, 6) is 1.85. The molecule has 7 aromatic carbocycles. The maximum atomic E-state index is 5.15. The van der Waals surface area contributed by atoms with Crippen molar-refractivity contribution in [2.24, 2.45) is 0 Å². The number of benzene rings is 7. The predicted octanol–water partition coefficient (Wildman–Crippen LogP) is 11.3. The average Bonchev–Trinajstić information content (AvgIpc) is 3.53. The molecule has 0 bridgehead atoms. The SMILES string of the molecule is c1ccc(-c2cccc(-c3cccc(-c4cccc5c6ccccc6n(-c6nc(-c7ccccc7)nc(-c7ccccc7)n6)c45)c3)c2)cc1. The molecule has 2 heterocycles. The molecule has 230 valence electrons. The maximum absolute atomic E-state index is 5.15. The molecule has 0 saturated carbocycles. The Morgan fingerprint density at radius 1 is 0.327 bits per heavy atom. The molecular formula is C45H30N4. The minimum atomic E-state index is 0.582. The van der Waals surface area contributed by atoms with Crippen molar-refractivity contribution in [3.8, 4) is 62.1 Å². The van der Waals surface area contributed by atoms with Crippen molar-refractivity contribution in [2.75, 3.05) is 0 Å². The van der Waals surface area contributed by atoms with Crippen LogP contribution < -0.4 is 0 Å². The molecule has 4 heteroatoms. The summed E-state index contributed by atoms with van der Waals surface area (Å²) >= 11 is 0. The van der Waals surface area contributed by atoms with Crippen LogP contribution in [0.5, 0.6) is 0 Å². The average molecular weight is 627 g/mol. The molecule has 0 spiro atoms. The summed E-state index contributed by atoms with van der Waals surface area (Å²) in [5, 5.41) is 2.29. The van der Waals surface area contributed by atoms with Gasteiger partial charge < -0.3 is 0 Å². The Morgan fingerprint density at radius 2 is 0.776 bits per heavy atom. The summed E-state index contributed by atoms with van der Waals surface area (Å²) in [6.07, 6.45) is 0. The second-order valence-electron chi connectivity index (χ2n) is 12.1. The third-order valence-electron chi connectivity index (χ3n) is 9.06. The van der Waals surface area contributed by atoms with E-state index in [1.54, 1.807) is 0 Å². The van der Waals surface area contributed by atoms with Crippen LogP contribution in [0.15, 0.2) is 182 Å². The van der Waals surface area contributed by atoms with Gasteiger partial charge in [0.15, 0.2) is 11.6 Å². The lowest BCUT2D eigenvalue weighted by Gasteiger charge is -2.13. The zero-order valence-electron chi connectivity index (χ0n) is 26.6. The lowest BCUT2D eigenvalue weighted by atomic mass is 9.95. The molecule has 0 saturated heterocycles. The Balaban J connectivity index is 1.27. The van der Waals surface area contributed by atoms with E-state index in [0.717, 1.165) is 49.6 Å². The highest BCUT2D eigenvalue weighted by Crippen LogP contribution is 2.39. The number of nitrogens with zero attached hydrogens (tertiary/aromatic N) is 4. The Hall–Kier alpha value is -6.65. The van der Waals surface area contributed by atoms with Crippen LogP contribution in [-0.4, -0.2) is 19.5 Å². The standard InChI is InChI=1S/C45H30N4/c1-4-15-31(16-5-1)34-21-12-22-35(29-34)36-23-13-24-37(30-36)38-26-14-27-40-39-25-10-11-28-41(39)49(42(38)40)45-47-43(32-17-6-2-7-18-32)46-44(48-45)33-19-8-3-9-20-33/h1-30H. The first-order valence-corrected chi connectivity index (χ1v) is 16.5. The molecule has 0 aliphatic heterocycles. The molecule has 4 nitrogen and oxygen atoms in total. The first kappa shape index (κ1) is 28.6. The Morgan fingerprint density at radius 3 is 1.41 bits per heavy atom. The van der Waals surface area contributed by atoms with Crippen LogP contribution in [0.1, 0.15) is 0 Å². The van der Waals surface area contributed by atoms with Crippen molar-refractivity contribution < 1.29 is 0 Å². The smallest absolute Gasteiger partial charge is 0.238 e. The van der Waals surface area contributed by atoms with Gasteiger partial charge in [-0.25, -0.2) is 4.98 Å². The van der Waals surface area contributed by atoms with E-state index < -0.39 is 0 Å². The van der Waals surface area contributed by atoms with E-state index in [2.05, 4.69) is 126 Å². The summed E-state index contributed by atoms with van der Waals surface area (Å²) in [6.45, 7) is 0. The molecule has 0 N–H and O–H groups in total. The lowest BCUT2D eigenvalue weighted by Crippen LogP contribution is -2.06. The maximum Gasteiger partial charge on any atom is 0.238 e. The van der Waals surface area contributed by atoms with Gasteiger partial charge in [-0.3, -0.25) is 4.57 Å². The van der Waals surface area contributed by atoms with Gasteiger partial charge in [0.05, 0.1) is 11.0 Å². The van der Waals surface area contributed by atoms with Gasteiger partial charge >= 0.3 is 0 Å². The number of hydrogen-bond acceptors (Lipinski definition) is 3. The molecule has 49 heavy (non-hydrogen) atoms. The second kappa shape index (κ2) is 12.2. The van der Waals surface area contributed by atoms with Gasteiger partial charge in [-0.05, 0) is 46.0 Å². The van der Waals surface area contributed by atoms with Gasteiger partial charge in [0.25, 0.3) is 0 Å². The number of para-hydroxylation sites is 2. The fraction of sp³-hybridized carbons (Fsp3) is 0. The van der Waals surface area contributed by atoms with Crippen molar-refractivity contribution in [2.45, 2.75) is 0 Å². The minimum absolute atomic E-state index is 0.582. The predicted molar refractivity (Wildman–Crippen MR) is 201 cm³/mol. The van der Waals surface area contributed by atoms with Crippen LogP contribution in [0.4, 0.5) is 0 Å². The molecule has 9 rings (SSSR count). The van der Waals surface area contributed by atoms with E-state index >= 15 is 0 Å². The van der Waals surface area contributed by atoms with Gasteiger partial charge in [-0.1, -0.05) is 164 Å². The van der Waals surface area contributed by atoms with E-state index in [-0.39, 0.29) is 0 Å². The van der Waals surface area contributed by atoms with Gasteiger partial charge in [0, 0.05) is 27.5 Å². The normalized spacial score (nSPS) is 11.3. The molecule has 9 aromatic rings. The first-order valence-electron chi connectivity index (χ1n) is 16.5. The van der Waals surface area contributed by atoms with Crippen LogP contribution >= 0.6 is 0 Å². The monoisotopic (exact) mass is 626 g/mol. The summed E-state index contributed by atoms with van der Waals surface area (Å²) in [5.41, 5.74) is 11.0. The summed E-state index contributed by atoms with van der Waals surface area (Å²) < 4.78 is 2.21. The minimum Gasteiger partial charge on any atom is -0.277 e. The quantitative estimate of drug-likeness (QED) is 0.184. The number of fused-ring (bicyclic) bond motifs is 3. The van der Waals surface area contributed by atoms with Crippen LogP contribution in [0.2, 0.25) is 0 Å². The van der Waals surface area contributed by atoms with Crippen LogP contribution in [0, 0.1) is 0 Å². The molecule has 0 aliphatic rings. The summed E-state index contributed by atoms with van der Waals surface area (Å²) in [4.78, 5) is 15.3. The number of rotatable bonds is 6. The van der Waals surface area contributed by atoms with Gasteiger partial charge in [-0.2, -0.15) is 9.97 Å². The third kappa shape index (κ3) is 5.26. The van der Waals surface area contributed by atoms with Gasteiger partial charge in [0.2, 0.25) is 5.95 Å². The van der Waals surface area contributed by atoms with Crippen LogP contribution in [0.25, 0.3) is 83.9 Å². The third-order valence-corrected chi connectivity index (χ3v) is 9.06. The molecule has 0 unspecified atom stereocenters. The van der Waals surface area contributed by atoms with Crippen molar-refractivity contribution in [3.05, 3.63) is 182 Å². The molecule has 0 radical (unpaired) electrons. The Kier molecular flexibility index (Phi) is 7.10. The molecule has 0 aliphatic carbocycles. The van der Waals surface area contributed by atoms with Crippen molar-refractivity contribution in [1.82, 2.24) is 19.5 Å². The Bertz CT molecular complexity index is 2530. The molecule has 0 amide bonds. The summed E-state index contributed by atoms with van der Waals surface area (Å²) in [6, 6.07) is 63.4. The van der Waals surface area contributed by atoms with E-state index in [9.17, 15) is 0 Å². The zero-order valence-corrected chi connectivity index (χ0v) is 26.6. The van der Waals surface area contributed by atoms with Crippen LogP contribution in [-0.2, 0) is 0 Å². The highest BCUT2D eigenvalue weighted by Gasteiger charge is 2.20. The number of hydrogen-bond donors (Lipinski definition) is 0.